The molecule has 1 aliphatic carbocycles. The van der Waals surface area contributed by atoms with Gasteiger partial charge >= 0.3 is 0 Å². The summed E-state index contributed by atoms with van der Waals surface area (Å²) in [6.45, 7) is 0.438. The normalized spacial score (nSPS) is 17.9. The lowest BCUT2D eigenvalue weighted by Gasteiger charge is -2.33. The van der Waals surface area contributed by atoms with Crippen molar-refractivity contribution in [3.05, 3.63) is 64.9 Å². The zero-order valence-corrected chi connectivity index (χ0v) is 18.2. The Bertz CT molecular complexity index is 1170. The Morgan fingerprint density at radius 3 is 2.67 bits per heavy atom. The first kappa shape index (κ1) is 19.6. The minimum Gasteiger partial charge on any atom is -0.467 e. The summed E-state index contributed by atoms with van der Waals surface area (Å²) in [6, 6.07) is 12.8. The van der Waals surface area contributed by atoms with Crippen molar-refractivity contribution >= 4 is 27.1 Å². The van der Waals surface area contributed by atoms with E-state index in [2.05, 4.69) is 0 Å². The molecule has 1 saturated carbocycles. The lowest BCUT2D eigenvalue weighted by molar-refractivity contribution is 0.0601. The zero-order valence-electron chi connectivity index (χ0n) is 16.5. The maximum atomic E-state index is 13.6. The van der Waals surface area contributed by atoms with Crippen LogP contribution in [0.1, 0.15) is 53.1 Å². The van der Waals surface area contributed by atoms with E-state index in [-0.39, 0.29) is 17.7 Å². The van der Waals surface area contributed by atoms with Gasteiger partial charge in [0, 0.05) is 16.5 Å². The van der Waals surface area contributed by atoms with Crippen LogP contribution in [0.4, 0.5) is 0 Å². The van der Waals surface area contributed by atoms with E-state index in [0.29, 0.717) is 21.9 Å². The SMILES string of the molecule is O=C(c1cc2c(s1)-c1ccccc1S(=O)(=O)C2)N(Cc1ccco1)C1CCCCC1. The second kappa shape index (κ2) is 7.71. The Hall–Kier alpha value is -2.38. The molecule has 0 spiro atoms. The van der Waals surface area contributed by atoms with Gasteiger partial charge in [-0.2, -0.15) is 0 Å². The highest BCUT2D eigenvalue weighted by Gasteiger charge is 2.33. The van der Waals surface area contributed by atoms with Gasteiger partial charge in [-0.05, 0) is 42.7 Å². The first-order chi connectivity index (χ1) is 14.5. The molecule has 0 atom stereocenters. The molecule has 0 unspecified atom stereocenters. The molecular weight excluding hydrogens is 418 g/mol. The summed E-state index contributed by atoms with van der Waals surface area (Å²) in [5.41, 5.74) is 1.43. The zero-order chi connectivity index (χ0) is 20.7. The first-order valence-corrected chi connectivity index (χ1v) is 12.8. The Balaban J connectivity index is 1.52. The lowest BCUT2D eigenvalue weighted by atomic mass is 9.94. The van der Waals surface area contributed by atoms with Crippen LogP contribution in [0.5, 0.6) is 0 Å². The number of amides is 1. The standard InChI is InChI=1S/C23H23NO4S2/c25-23(24(14-18-9-6-12-28-18)17-7-2-1-3-8-17)20-13-16-15-30(26,27)21-11-5-4-10-19(21)22(16)29-20/h4-6,9-13,17H,1-3,7-8,14-15H2. The number of thiophene rings is 1. The van der Waals surface area contributed by atoms with E-state index in [1.165, 1.54) is 17.8 Å². The highest BCUT2D eigenvalue weighted by atomic mass is 32.2. The van der Waals surface area contributed by atoms with Crippen LogP contribution in [-0.2, 0) is 22.1 Å². The molecule has 30 heavy (non-hydrogen) atoms. The van der Waals surface area contributed by atoms with E-state index in [4.69, 9.17) is 4.42 Å². The smallest absolute Gasteiger partial charge is 0.264 e. The largest absolute Gasteiger partial charge is 0.467 e. The molecule has 1 fully saturated rings. The maximum absolute atomic E-state index is 13.6. The molecule has 3 heterocycles. The van der Waals surface area contributed by atoms with Crippen molar-refractivity contribution in [3.8, 4) is 10.4 Å². The molecule has 1 aromatic carbocycles. The van der Waals surface area contributed by atoms with Crippen LogP contribution in [0.25, 0.3) is 10.4 Å². The van der Waals surface area contributed by atoms with E-state index in [1.807, 2.05) is 29.2 Å². The van der Waals surface area contributed by atoms with Gasteiger partial charge in [0.1, 0.15) is 5.76 Å². The Morgan fingerprint density at radius 1 is 1.10 bits per heavy atom. The molecule has 5 rings (SSSR count). The summed E-state index contributed by atoms with van der Waals surface area (Å²) < 4.78 is 30.9. The molecule has 1 amide bonds. The molecule has 0 saturated heterocycles. The summed E-state index contributed by atoms with van der Waals surface area (Å²) in [5.74, 6) is 0.681. The summed E-state index contributed by atoms with van der Waals surface area (Å²) in [4.78, 5) is 17.4. The molecule has 156 valence electrons. The number of benzene rings is 1. The van der Waals surface area contributed by atoms with Crippen LogP contribution in [-0.4, -0.2) is 25.3 Å². The minimum atomic E-state index is -3.38. The Kier molecular flexibility index (Phi) is 5.03. The molecule has 3 aromatic rings. The van der Waals surface area contributed by atoms with E-state index in [0.717, 1.165) is 41.9 Å². The number of hydrogen-bond acceptors (Lipinski definition) is 5. The highest BCUT2D eigenvalue weighted by Crippen LogP contribution is 2.43. The van der Waals surface area contributed by atoms with Crippen molar-refractivity contribution in [2.24, 2.45) is 0 Å². The number of nitrogens with zero attached hydrogens (tertiary/aromatic N) is 1. The number of hydrogen-bond donors (Lipinski definition) is 0. The van der Waals surface area contributed by atoms with Crippen molar-refractivity contribution in [3.63, 3.8) is 0 Å². The second-order valence-electron chi connectivity index (χ2n) is 8.02. The van der Waals surface area contributed by atoms with Crippen molar-refractivity contribution < 1.29 is 17.6 Å². The van der Waals surface area contributed by atoms with Crippen LogP contribution in [0.2, 0.25) is 0 Å². The first-order valence-electron chi connectivity index (χ1n) is 10.3. The highest BCUT2D eigenvalue weighted by molar-refractivity contribution is 7.91. The van der Waals surface area contributed by atoms with E-state index in [1.54, 1.807) is 24.5 Å². The van der Waals surface area contributed by atoms with Gasteiger partial charge in [-0.1, -0.05) is 37.5 Å². The summed E-state index contributed by atoms with van der Waals surface area (Å²) in [6.07, 6.45) is 7.08. The van der Waals surface area contributed by atoms with E-state index in [9.17, 15) is 13.2 Å². The van der Waals surface area contributed by atoms with Crippen LogP contribution in [0.3, 0.4) is 0 Å². The topological polar surface area (TPSA) is 67.6 Å². The summed E-state index contributed by atoms with van der Waals surface area (Å²) >= 11 is 1.41. The van der Waals surface area contributed by atoms with Gasteiger partial charge in [-0.15, -0.1) is 11.3 Å². The summed E-state index contributed by atoms with van der Waals surface area (Å²) in [5, 5.41) is 0. The fourth-order valence-corrected chi connectivity index (χ4v) is 7.46. The fourth-order valence-electron chi connectivity index (χ4n) is 4.55. The molecule has 0 radical (unpaired) electrons. The minimum absolute atomic E-state index is 0.0346. The van der Waals surface area contributed by atoms with E-state index >= 15 is 0 Å². The number of carbonyl (C=O) groups excluding carboxylic acids is 1. The lowest BCUT2D eigenvalue weighted by Crippen LogP contribution is -2.40. The van der Waals surface area contributed by atoms with Crippen LogP contribution >= 0.6 is 11.3 Å². The van der Waals surface area contributed by atoms with Crippen LogP contribution in [0.15, 0.2) is 58.0 Å². The number of fused-ring (bicyclic) bond motifs is 3. The monoisotopic (exact) mass is 441 g/mol. The van der Waals surface area contributed by atoms with Gasteiger partial charge in [0.2, 0.25) is 0 Å². The van der Waals surface area contributed by atoms with Crippen molar-refractivity contribution in [1.29, 1.82) is 0 Å². The third kappa shape index (κ3) is 3.50. The van der Waals surface area contributed by atoms with Gasteiger partial charge in [-0.3, -0.25) is 4.79 Å². The third-order valence-electron chi connectivity index (χ3n) is 6.01. The molecule has 5 nitrogen and oxygen atoms in total. The molecule has 7 heteroatoms. The Labute approximate surface area is 180 Å². The maximum Gasteiger partial charge on any atom is 0.264 e. The molecule has 0 bridgehead atoms. The Morgan fingerprint density at radius 2 is 1.90 bits per heavy atom. The molecule has 0 N–H and O–H groups in total. The van der Waals surface area contributed by atoms with Crippen LogP contribution in [0, 0.1) is 0 Å². The second-order valence-corrected chi connectivity index (χ2v) is 11.0. The predicted octanol–water partition coefficient (Wildman–Crippen LogP) is 5.27. The number of furan rings is 1. The van der Waals surface area contributed by atoms with Gasteiger partial charge in [-0.25, -0.2) is 8.42 Å². The quantitative estimate of drug-likeness (QED) is 0.553. The number of carbonyl (C=O) groups is 1. The van der Waals surface area contributed by atoms with Crippen LogP contribution < -0.4 is 0 Å². The fraction of sp³-hybridized carbons (Fsp3) is 0.348. The molecular formula is C23H23NO4S2. The number of rotatable bonds is 4. The average molecular weight is 442 g/mol. The van der Waals surface area contributed by atoms with Crippen molar-refractivity contribution in [2.75, 3.05) is 0 Å². The van der Waals surface area contributed by atoms with Gasteiger partial charge in [0.25, 0.3) is 5.91 Å². The third-order valence-corrected chi connectivity index (χ3v) is 8.93. The van der Waals surface area contributed by atoms with Gasteiger partial charge in [0.15, 0.2) is 9.84 Å². The number of sulfone groups is 1. The van der Waals surface area contributed by atoms with Gasteiger partial charge < -0.3 is 9.32 Å². The summed E-state index contributed by atoms with van der Waals surface area (Å²) in [7, 11) is -3.38. The van der Waals surface area contributed by atoms with Crippen molar-refractivity contribution in [1.82, 2.24) is 4.90 Å². The van der Waals surface area contributed by atoms with E-state index < -0.39 is 9.84 Å². The predicted molar refractivity (Wildman–Crippen MR) is 116 cm³/mol. The molecule has 2 aromatic heterocycles. The van der Waals surface area contributed by atoms with Gasteiger partial charge in [0.05, 0.1) is 28.3 Å². The molecule has 1 aliphatic heterocycles. The average Bonchev–Trinajstić information content (AvgIpc) is 3.42. The van der Waals surface area contributed by atoms with Crippen molar-refractivity contribution in [2.45, 2.75) is 55.3 Å². The molecule has 2 aliphatic rings.